The minimum atomic E-state index is -0.794. The van der Waals surface area contributed by atoms with Crippen LogP contribution in [-0.4, -0.2) is 54.7 Å². The van der Waals surface area contributed by atoms with Crippen LogP contribution >= 0.6 is 0 Å². The van der Waals surface area contributed by atoms with Gasteiger partial charge in [0.25, 0.3) is 0 Å². The lowest BCUT2D eigenvalue weighted by molar-refractivity contribution is -0.137. The summed E-state index contributed by atoms with van der Waals surface area (Å²) in [5, 5.41) is 14.2. The highest BCUT2D eigenvalue weighted by molar-refractivity contribution is 5.73. The predicted molar refractivity (Wildman–Crippen MR) is 84.4 cm³/mol. The number of carboxylic acid groups (broad SMARTS) is 1. The van der Waals surface area contributed by atoms with E-state index in [9.17, 15) is 9.59 Å². The Kier molecular flexibility index (Phi) is 10.7. The molecule has 0 aliphatic carbocycles. The van der Waals surface area contributed by atoms with Crippen LogP contribution in [-0.2, 0) is 4.79 Å². The Morgan fingerprint density at radius 3 is 2.38 bits per heavy atom. The van der Waals surface area contributed by atoms with Crippen molar-refractivity contribution in [3.63, 3.8) is 0 Å². The largest absolute Gasteiger partial charge is 0.481 e. The molecule has 0 radical (unpaired) electrons. The minimum absolute atomic E-state index is 0.147. The zero-order valence-corrected chi connectivity index (χ0v) is 13.8. The zero-order chi connectivity index (χ0) is 16.3. The number of carbonyl (C=O) groups excluding carboxylic acids is 1. The first-order chi connectivity index (χ1) is 9.82. The molecular weight excluding hydrogens is 270 g/mol. The highest BCUT2D eigenvalue weighted by Crippen LogP contribution is 2.03. The van der Waals surface area contributed by atoms with Crippen molar-refractivity contribution in [3.05, 3.63) is 0 Å². The lowest BCUT2D eigenvalue weighted by atomic mass is 10.1. The SMILES string of the molecule is CC(CCC(=O)O)CNC(=O)NCCCCN(C)C(C)C. The van der Waals surface area contributed by atoms with Crippen molar-refractivity contribution in [2.45, 2.75) is 52.5 Å². The summed E-state index contributed by atoms with van der Waals surface area (Å²) >= 11 is 0. The molecule has 0 saturated heterocycles. The van der Waals surface area contributed by atoms with E-state index < -0.39 is 5.97 Å². The zero-order valence-electron chi connectivity index (χ0n) is 13.8. The van der Waals surface area contributed by atoms with Gasteiger partial charge >= 0.3 is 12.0 Å². The van der Waals surface area contributed by atoms with Gasteiger partial charge in [-0.05, 0) is 52.6 Å². The van der Waals surface area contributed by atoms with Crippen LogP contribution in [0.1, 0.15) is 46.5 Å². The van der Waals surface area contributed by atoms with Gasteiger partial charge in [-0.3, -0.25) is 4.79 Å². The quantitative estimate of drug-likeness (QED) is 0.509. The second-order valence-electron chi connectivity index (χ2n) is 5.96. The molecule has 0 heterocycles. The van der Waals surface area contributed by atoms with Crippen LogP contribution in [0, 0.1) is 5.92 Å². The topological polar surface area (TPSA) is 81.7 Å². The number of nitrogens with zero attached hydrogens (tertiary/aromatic N) is 1. The average Bonchev–Trinajstić information content (AvgIpc) is 2.41. The Hall–Kier alpha value is -1.30. The normalized spacial score (nSPS) is 12.5. The van der Waals surface area contributed by atoms with E-state index in [0.717, 1.165) is 19.4 Å². The van der Waals surface area contributed by atoms with Crippen LogP contribution in [0.4, 0.5) is 4.79 Å². The number of amides is 2. The van der Waals surface area contributed by atoms with Gasteiger partial charge < -0.3 is 20.6 Å². The standard InChI is InChI=1S/C15H31N3O3/c1-12(2)18(4)10-6-5-9-16-15(21)17-11-13(3)7-8-14(19)20/h12-13H,5-11H2,1-4H3,(H,19,20)(H2,16,17,21). The van der Waals surface area contributed by atoms with Crippen LogP contribution < -0.4 is 10.6 Å². The number of hydrogen-bond acceptors (Lipinski definition) is 3. The van der Waals surface area contributed by atoms with Crippen molar-refractivity contribution in [2.24, 2.45) is 5.92 Å². The smallest absolute Gasteiger partial charge is 0.314 e. The van der Waals surface area contributed by atoms with Crippen LogP contribution in [0.5, 0.6) is 0 Å². The van der Waals surface area contributed by atoms with E-state index >= 15 is 0 Å². The van der Waals surface area contributed by atoms with Crippen LogP contribution in [0.25, 0.3) is 0 Å². The molecule has 2 amide bonds. The third-order valence-corrected chi connectivity index (χ3v) is 3.57. The molecule has 0 fully saturated rings. The lowest BCUT2D eigenvalue weighted by Crippen LogP contribution is -2.38. The van der Waals surface area contributed by atoms with Gasteiger partial charge in [0.05, 0.1) is 0 Å². The second kappa shape index (κ2) is 11.4. The van der Waals surface area contributed by atoms with Crippen LogP contribution in [0.2, 0.25) is 0 Å². The molecule has 0 bridgehead atoms. The van der Waals surface area contributed by atoms with Crippen molar-refractivity contribution >= 4 is 12.0 Å². The van der Waals surface area contributed by atoms with E-state index in [1.54, 1.807) is 0 Å². The average molecular weight is 301 g/mol. The maximum Gasteiger partial charge on any atom is 0.314 e. The Balaban J connectivity index is 3.52. The second-order valence-corrected chi connectivity index (χ2v) is 5.96. The molecule has 0 aliphatic heterocycles. The Morgan fingerprint density at radius 1 is 1.14 bits per heavy atom. The summed E-state index contributed by atoms with van der Waals surface area (Å²) in [4.78, 5) is 24.3. The highest BCUT2D eigenvalue weighted by Gasteiger charge is 2.07. The summed E-state index contributed by atoms with van der Waals surface area (Å²) in [6.07, 6.45) is 2.74. The van der Waals surface area contributed by atoms with Gasteiger partial charge in [0, 0.05) is 25.6 Å². The first-order valence-electron chi connectivity index (χ1n) is 7.76. The fourth-order valence-electron chi connectivity index (χ4n) is 1.75. The molecule has 21 heavy (non-hydrogen) atoms. The van der Waals surface area contributed by atoms with Gasteiger partial charge in [-0.25, -0.2) is 4.79 Å². The van der Waals surface area contributed by atoms with E-state index in [0.29, 0.717) is 25.6 Å². The number of nitrogens with one attached hydrogen (secondary N) is 2. The van der Waals surface area contributed by atoms with Crippen LogP contribution in [0.3, 0.4) is 0 Å². The van der Waals surface area contributed by atoms with E-state index in [2.05, 4.69) is 36.4 Å². The number of urea groups is 1. The summed E-state index contributed by atoms with van der Waals surface area (Å²) in [7, 11) is 2.10. The number of carbonyl (C=O) groups is 2. The van der Waals surface area contributed by atoms with Crippen molar-refractivity contribution in [2.75, 3.05) is 26.7 Å². The Labute approximate surface area is 128 Å². The molecule has 124 valence electrons. The Morgan fingerprint density at radius 2 is 1.81 bits per heavy atom. The summed E-state index contributed by atoms with van der Waals surface area (Å²) in [5.41, 5.74) is 0. The number of carboxylic acids is 1. The fourth-order valence-corrected chi connectivity index (χ4v) is 1.75. The number of unbranched alkanes of at least 4 members (excludes halogenated alkanes) is 1. The molecule has 0 saturated carbocycles. The lowest BCUT2D eigenvalue weighted by Gasteiger charge is -2.20. The third kappa shape index (κ3) is 12.2. The summed E-state index contributed by atoms with van der Waals surface area (Å²) in [6.45, 7) is 8.48. The highest BCUT2D eigenvalue weighted by atomic mass is 16.4. The molecule has 0 rings (SSSR count). The molecule has 1 unspecified atom stereocenters. The maximum absolute atomic E-state index is 11.5. The molecule has 1 atom stereocenters. The predicted octanol–water partition coefficient (Wildman–Crippen LogP) is 1.91. The third-order valence-electron chi connectivity index (χ3n) is 3.57. The first kappa shape index (κ1) is 19.7. The minimum Gasteiger partial charge on any atom is -0.481 e. The van der Waals surface area contributed by atoms with Crippen molar-refractivity contribution in [3.8, 4) is 0 Å². The van der Waals surface area contributed by atoms with E-state index in [-0.39, 0.29) is 18.4 Å². The molecule has 6 nitrogen and oxygen atoms in total. The molecule has 0 aromatic carbocycles. The first-order valence-corrected chi connectivity index (χ1v) is 7.76. The van der Waals surface area contributed by atoms with Gasteiger partial charge in [-0.2, -0.15) is 0 Å². The molecule has 0 aromatic rings. The van der Waals surface area contributed by atoms with Gasteiger partial charge in [0.1, 0.15) is 0 Å². The number of hydrogen-bond donors (Lipinski definition) is 3. The number of aliphatic carboxylic acids is 1. The molecular formula is C15H31N3O3. The molecule has 0 spiro atoms. The van der Waals surface area contributed by atoms with E-state index in [1.165, 1.54) is 0 Å². The molecule has 0 aromatic heterocycles. The Bertz CT molecular complexity index is 309. The summed E-state index contributed by atoms with van der Waals surface area (Å²) < 4.78 is 0. The van der Waals surface area contributed by atoms with Gasteiger partial charge in [-0.15, -0.1) is 0 Å². The van der Waals surface area contributed by atoms with Crippen LogP contribution in [0.15, 0.2) is 0 Å². The van der Waals surface area contributed by atoms with E-state index in [4.69, 9.17) is 5.11 Å². The van der Waals surface area contributed by atoms with Gasteiger partial charge in [0.2, 0.25) is 0 Å². The monoisotopic (exact) mass is 301 g/mol. The summed E-state index contributed by atoms with van der Waals surface area (Å²) in [5.74, 6) is -0.621. The van der Waals surface area contributed by atoms with Gasteiger partial charge in [0.15, 0.2) is 0 Å². The van der Waals surface area contributed by atoms with Gasteiger partial charge in [-0.1, -0.05) is 6.92 Å². The summed E-state index contributed by atoms with van der Waals surface area (Å²) in [6, 6.07) is 0.378. The number of rotatable bonds is 11. The molecule has 6 heteroatoms. The molecule has 0 aliphatic rings. The maximum atomic E-state index is 11.5. The molecule has 3 N–H and O–H groups in total. The van der Waals surface area contributed by atoms with E-state index in [1.807, 2.05) is 6.92 Å². The fraction of sp³-hybridized carbons (Fsp3) is 0.867. The van der Waals surface area contributed by atoms with Crippen molar-refractivity contribution < 1.29 is 14.7 Å². The van der Waals surface area contributed by atoms with Crippen molar-refractivity contribution in [1.29, 1.82) is 0 Å². The van der Waals surface area contributed by atoms with Crippen molar-refractivity contribution in [1.82, 2.24) is 15.5 Å².